The van der Waals surface area contributed by atoms with Gasteiger partial charge in [-0.3, -0.25) is 14.6 Å². The van der Waals surface area contributed by atoms with E-state index >= 15 is 0 Å². The van der Waals surface area contributed by atoms with E-state index in [0.29, 0.717) is 36.9 Å². The van der Waals surface area contributed by atoms with E-state index in [2.05, 4.69) is 26.5 Å². The van der Waals surface area contributed by atoms with Crippen LogP contribution < -0.4 is 5.32 Å². The zero-order valence-electron chi connectivity index (χ0n) is 22.3. The van der Waals surface area contributed by atoms with Gasteiger partial charge in [0.1, 0.15) is 30.1 Å². The van der Waals surface area contributed by atoms with Crippen molar-refractivity contribution in [2.75, 3.05) is 12.3 Å². The fourth-order valence-corrected chi connectivity index (χ4v) is 7.51. The lowest BCUT2D eigenvalue weighted by Crippen LogP contribution is -2.51. The zero-order valence-corrected chi connectivity index (χ0v) is 23.1. The van der Waals surface area contributed by atoms with Crippen LogP contribution in [0.1, 0.15) is 43.4 Å². The summed E-state index contributed by atoms with van der Waals surface area (Å²) in [5, 5.41) is 16.3. The number of pyridine rings is 1. The van der Waals surface area contributed by atoms with E-state index in [1.54, 1.807) is 25.1 Å². The predicted molar refractivity (Wildman–Crippen MR) is 143 cm³/mol. The molecular weight excluding hydrogens is 549 g/mol. The number of likely N-dealkylation sites (tertiary alicyclic amines) is 1. The van der Waals surface area contributed by atoms with Crippen LogP contribution in [-0.2, 0) is 24.8 Å². The Balaban J connectivity index is 1.30. The molecule has 13 heteroatoms. The van der Waals surface area contributed by atoms with Crippen LogP contribution in [0.25, 0.3) is 5.69 Å². The van der Waals surface area contributed by atoms with Crippen molar-refractivity contribution in [1.29, 1.82) is 5.26 Å². The molecule has 3 aliphatic rings. The molecule has 1 aromatic carbocycles. The van der Waals surface area contributed by atoms with E-state index in [0.717, 1.165) is 0 Å². The minimum Gasteiger partial charge on any atom is -0.336 e. The van der Waals surface area contributed by atoms with Gasteiger partial charge in [-0.2, -0.15) is 10.4 Å². The Morgan fingerprint density at radius 1 is 1.22 bits per heavy atom. The molecule has 0 bridgehead atoms. The molecule has 41 heavy (non-hydrogen) atoms. The van der Waals surface area contributed by atoms with Gasteiger partial charge < -0.3 is 10.2 Å². The van der Waals surface area contributed by atoms with E-state index in [4.69, 9.17) is 0 Å². The highest BCUT2D eigenvalue weighted by molar-refractivity contribution is 7.91. The van der Waals surface area contributed by atoms with E-state index in [1.165, 1.54) is 40.6 Å². The number of nitrogens with zero attached hydrogens (tertiary/aromatic N) is 6. The minimum absolute atomic E-state index is 0.00355. The fraction of sp³-hybridized carbons (Fsp3) is 0.429. The number of halogens is 1. The summed E-state index contributed by atoms with van der Waals surface area (Å²) in [7, 11) is -3.89. The van der Waals surface area contributed by atoms with Crippen LogP contribution in [-0.4, -0.2) is 68.8 Å². The van der Waals surface area contributed by atoms with Gasteiger partial charge in [0.25, 0.3) is 0 Å². The van der Waals surface area contributed by atoms with Gasteiger partial charge in [-0.15, -0.1) is 0 Å². The van der Waals surface area contributed by atoms with Gasteiger partial charge in [0.05, 0.1) is 33.5 Å². The number of para-hydroxylation sites is 1. The van der Waals surface area contributed by atoms with Crippen LogP contribution in [0.15, 0.2) is 54.1 Å². The summed E-state index contributed by atoms with van der Waals surface area (Å²) in [5.41, 5.74) is -1.16. The van der Waals surface area contributed by atoms with Crippen LogP contribution in [0.3, 0.4) is 0 Å². The van der Waals surface area contributed by atoms with Gasteiger partial charge in [0.2, 0.25) is 11.8 Å². The molecule has 1 aliphatic heterocycles. The number of sulfone groups is 1. The maximum Gasteiger partial charge on any atom is 0.244 e. The molecule has 3 fully saturated rings. The Bertz CT molecular complexity index is 1680. The smallest absolute Gasteiger partial charge is 0.244 e. The second-order valence-electron chi connectivity index (χ2n) is 11.3. The summed E-state index contributed by atoms with van der Waals surface area (Å²) in [4.78, 5) is 37.0. The Kier molecular flexibility index (Phi) is 6.41. The van der Waals surface area contributed by atoms with E-state index in [9.17, 15) is 27.7 Å². The van der Waals surface area contributed by atoms with Crippen molar-refractivity contribution in [2.45, 2.75) is 60.9 Å². The quantitative estimate of drug-likeness (QED) is 0.427. The summed E-state index contributed by atoms with van der Waals surface area (Å²) < 4.78 is 43.7. The molecule has 2 aliphatic carbocycles. The standard InChI is InChI=1S/C28H28FN7O4S/c1-18-10-20(29)24(32-12-18)28(8-9-28)26(38)35-13-19(11-22(35)25(37)34-27(15-30)6-7-27)14-41(39,40)23-5-3-2-4-21(23)36-17-31-16-33-36/h2-5,10,12,16-17,19,22H,6-9,11,13-14H2,1H3,(H,34,37)/t19-,22+/m1/s1. The molecule has 2 amide bonds. The number of hydrogen-bond acceptors (Lipinski definition) is 8. The second kappa shape index (κ2) is 9.73. The van der Waals surface area contributed by atoms with E-state index in [1.807, 2.05) is 0 Å². The van der Waals surface area contributed by atoms with E-state index < -0.39 is 50.4 Å². The monoisotopic (exact) mass is 577 g/mol. The van der Waals surface area contributed by atoms with Gasteiger partial charge in [0.15, 0.2) is 9.84 Å². The van der Waals surface area contributed by atoms with Gasteiger partial charge in [-0.1, -0.05) is 12.1 Å². The first-order valence-electron chi connectivity index (χ1n) is 13.4. The lowest BCUT2D eigenvalue weighted by molar-refractivity contribution is -0.140. The van der Waals surface area contributed by atoms with Gasteiger partial charge in [0, 0.05) is 12.7 Å². The molecule has 1 saturated heterocycles. The average molecular weight is 578 g/mol. The lowest BCUT2D eigenvalue weighted by Gasteiger charge is -2.29. The molecule has 1 N–H and O–H groups in total. The zero-order chi connectivity index (χ0) is 29.0. The Labute approximate surface area is 236 Å². The number of aryl methyl sites for hydroxylation is 1. The van der Waals surface area contributed by atoms with Crippen LogP contribution in [0.4, 0.5) is 4.39 Å². The second-order valence-corrected chi connectivity index (χ2v) is 13.3. The maximum absolute atomic E-state index is 15.0. The molecule has 11 nitrogen and oxygen atoms in total. The number of rotatable bonds is 8. The molecule has 0 spiro atoms. The number of carbonyl (C=O) groups is 2. The summed E-state index contributed by atoms with van der Waals surface area (Å²) in [6.07, 6.45) is 6.07. The van der Waals surface area contributed by atoms with Crippen molar-refractivity contribution in [3.63, 3.8) is 0 Å². The number of amides is 2. The van der Waals surface area contributed by atoms with Crippen molar-refractivity contribution in [3.05, 3.63) is 66.3 Å². The van der Waals surface area contributed by atoms with Crippen LogP contribution >= 0.6 is 0 Å². The minimum atomic E-state index is -3.89. The largest absolute Gasteiger partial charge is 0.336 e. The first-order valence-corrected chi connectivity index (χ1v) is 15.1. The molecule has 212 valence electrons. The molecule has 0 radical (unpaired) electrons. The van der Waals surface area contributed by atoms with Crippen LogP contribution in [0.2, 0.25) is 0 Å². The normalized spacial score (nSPS) is 22.1. The molecule has 0 unspecified atom stereocenters. The first-order chi connectivity index (χ1) is 19.6. The SMILES string of the molecule is Cc1cnc(C2(C(=O)N3C[C@H](CS(=O)(=O)c4ccccc4-n4cncn4)C[C@H]3C(=O)NC3(C#N)CC3)CC2)c(F)c1. The Morgan fingerprint density at radius 3 is 2.61 bits per heavy atom. The molecule has 2 aromatic heterocycles. The van der Waals surface area contributed by atoms with Crippen molar-refractivity contribution >= 4 is 21.7 Å². The fourth-order valence-electron chi connectivity index (χ4n) is 5.71. The Hall–Kier alpha value is -4.18. The number of carbonyl (C=O) groups excluding carboxylic acids is 2. The highest BCUT2D eigenvalue weighted by atomic mass is 32.2. The third-order valence-corrected chi connectivity index (χ3v) is 10.1. The Morgan fingerprint density at radius 2 is 1.98 bits per heavy atom. The number of aromatic nitrogens is 4. The highest BCUT2D eigenvalue weighted by Crippen LogP contribution is 2.51. The number of benzene rings is 1. The highest BCUT2D eigenvalue weighted by Gasteiger charge is 2.59. The average Bonchev–Trinajstić information content (AvgIpc) is 3.80. The van der Waals surface area contributed by atoms with Crippen molar-refractivity contribution in [1.82, 2.24) is 30.0 Å². The van der Waals surface area contributed by atoms with Gasteiger partial charge in [-0.25, -0.2) is 22.5 Å². The molecule has 2 saturated carbocycles. The number of nitrogens with one attached hydrogen (secondary N) is 1. The number of nitriles is 1. The summed E-state index contributed by atoms with van der Waals surface area (Å²) >= 11 is 0. The van der Waals surface area contributed by atoms with Crippen molar-refractivity contribution < 1.29 is 22.4 Å². The third kappa shape index (κ3) is 4.86. The van der Waals surface area contributed by atoms with Crippen molar-refractivity contribution in [3.8, 4) is 11.8 Å². The maximum atomic E-state index is 15.0. The molecule has 2 atom stereocenters. The van der Waals surface area contributed by atoms with Crippen LogP contribution in [0.5, 0.6) is 0 Å². The molecule has 3 aromatic rings. The molecule has 3 heterocycles. The molecular formula is C28H28FN7O4S. The lowest BCUT2D eigenvalue weighted by atomic mass is 9.98. The third-order valence-electron chi connectivity index (χ3n) is 8.19. The predicted octanol–water partition coefficient (Wildman–Crippen LogP) is 2.00. The van der Waals surface area contributed by atoms with E-state index in [-0.39, 0.29) is 29.3 Å². The van der Waals surface area contributed by atoms with Gasteiger partial charge in [-0.05, 0) is 68.7 Å². The summed E-state index contributed by atoms with van der Waals surface area (Å²) in [6, 6.07) is 8.88. The van der Waals surface area contributed by atoms with Crippen molar-refractivity contribution in [2.24, 2.45) is 5.92 Å². The first kappa shape index (κ1) is 27.0. The topological polar surface area (TPSA) is 151 Å². The molecule has 6 rings (SSSR count). The van der Waals surface area contributed by atoms with Gasteiger partial charge >= 0.3 is 0 Å². The number of hydrogen-bond donors (Lipinski definition) is 1. The summed E-state index contributed by atoms with van der Waals surface area (Å²) in [5.74, 6) is -2.43. The van der Waals surface area contributed by atoms with Crippen LogP contribution in [0, 0.1) is 30.0 Å². The summed E-state index contributed by atoms with van der Waals surface area (Å²) in [6.45, 7) is 1.70.